The molecule has 3 aromatic rings. The van der Waals surface area contributed by atoms with Crippen molar-refractivity contribution in [1.29, 1.82) is 0 Å². The number of anilines is 2. The number of carbonyl (C=O) groups excluding carboxylic acids is 2. The molecule has 0 unspecified atom stereocenters. The molecular formula is C37H51N5O8. The van der Waals surface area contributed by atoms with Gasteiger partial charge in [0.2, 0.25) is 11.8 Å². The molecule has 1 saturated heterocycles. The highest BCUT2D eigenvalue weighted by Gasteiger charge is 2.24. The van der Waals surface area contributed by atoms with Crippen molar-refractivity contribution in [2.45, 2.75) is 33.5 Å². The van der Waals surface area contributed by atoms with Crippen LogP contribution in [0.25, 0.3) is 0 Å². The summed E-state index contributed by atoms with van der Waals surface area (Å²) in [4.78, 5) is 32.0. The minimum absolute atomic E-state index is 0.0691. The average Bonchev–Trinajstić information content (AvgIpc) is 3.18. The fourth-order valence-electron chi connectivity index (χ4n) is 6.04. The second-order valence-corrected chi connectivity index (χ2v) is 13.1. The average molecular weight is 694 g/mol. The first-order chi connectivity index (χ1) is 24.0. The van der Waals surface area contributed by atoms with E-state index < -0.39 is 50.1 Å². The summed E-state index contributed by atoms with van der Waals surface area (Å²) in [6, 6.07) is 17.3. The molecule has 13 heteroatoms. The van der Waals surface area contributed by atoms with Crippen molar-refractivity contribution in [3.05, 3.63) is 82.4 Å². The van der Waals surface area contributed by atoms with E-state index in [1.54, 1.807) is 12.1 Å². The fraction of sp³-hybridized carbons (Fsp3) is 0.459. The molecule has 2 amide bonds. The molecule has 8 N–H and O–H groups in total. The fourth-order valence-corrected chi connectivity index (χ4v) is 6.04. The zero-order valence-electron chi connectivity index (χ0n) is 28.9. The van der Waals surface area contributed by atoms with E-state index in [1.165, 1.54) is 5.56 Å². The number of aryl methyl sites for hydroxylation is 2. The van der Waals surface area contributed by atoms with Gasteiger partial charge in [-0.1, -0.05) is 42.5 Å². The molecule has 1 heterocycles. The maximum absolute atomic E-state index is 12.6. The molecule has 0 saturated carbocycles. The summed E-state index contributed by atoms with van der Waals surface area (Å²) in [6.07, 6.45) is 0. The maximum atomic E-state index is 12.6. The number of carbonyl (C=O) groups is 2. The maximum Gasteiger partial charge on any atom is 0.232 e. The van der Waals surface area contributed by atoms with Crippen LogP contribution in [0.1, 0.15) is 27.8 Å². The van der Waals surface area contributed by atoms with Crippen molar-refractivity contribution in [3.8, 4) is 11.5 Å². The van der Waals surface area contributed by atoms with E-state index in [4.69, 9.17) is 0 Å². The van der Waals surface area contributed by atoms with Gasteiger partial charge in [-0.25, -0.2) is 0 Å². The van der Waals surface area contributed by atoms with Crippen molar-refractivity contribution >= 4 is 23.2 Å². The van der Waals surface area contributed by atoms with Gasteiger partial charge in [0.25, 0.3) is 0 Å². The van der Waals surface area contributed by atoms with Gasteiger partial charge in [0.15, 0.2) is 0 Å². The summed E-state index contributed by atoms with van der Waals surface area (Å²) >= 11 is 0. The number of phenols is 2. The molecule has 0 bridgehead atoms. The van der Waals surface area contributed by atoms with Gasteiger partial charge < -0.3 is 41.3 Å². The zero-order chi connectivity index (χ0) is 36.2. The minimum Gasteiger partial charge on any atom is -0.505 e. The first kappa shape index (κ1) is 38.7. The Labute approximate surface area is 293 Å². The highest BCUT2D eigenvalue weighted by molar-refractivity contribution is 5.95. The van der Waals surface area contributed by atoms with Crippen molar-refractivity contribution in [2.24, 2.45) is 11.8 Å². The van der Waals surface area contributed by atoms with E-state index in [-0.39, 0.29) is 22.9 Å². The van der Waals surface area contributed by atoms with Crippen LogP contribution in [0, 0.1) is 25.7 Å². The van der Waals surface area contributed by atoms with Gasteiger partial charge in [-0.3, -0.25) is 24.3 Å². The predicted molar refractivity (Wildman–Crippen MR) is 191 cm³/mol. The lowest BCUT2D eigenvalue weighted by molar-refractivity contribution is -0.123. The Morgan fingerprint density at radius 2 is 0.960 bits per heavy atom. The summed E-state index contributed by atoms with van der Waals surface area (Å²) < 4.78 is 0. The van der Waals surface area contributed by atoms with E-state index in [0.717, 1.165) is 30.8 Å². The summed E-state index contributed by atoms with van der Waals surface area (Å²) in [5.41, 5.74) is 4.54. The van der Waals surface area contributed by atoms with Gasteiger partial charge in [-0.05, 0) is 42.7 Å². The van der Waals surface area contributed by atoms with Crippen LogP contribution in [-0.2, 0) is 29.2 Å². The van der Waals surface area contributed by atoms with Crippen molar-refractivity contribution in [1.82, 2.24) is 14.7 Å². The molecule has 0 radical (unpaired) electrons. The van der Waals surface area contributed by atoms with Gasteiger partial charge >= 0.3 is 0 Å². The van der Waals surface area contributed by atoms with Crippen molar-refractivity contribution in [2.75, 3.05) is 76.3 Å². The topological polar surface area (TPSA) is 189 Å². The number of amides is 2. The Hall–Kier alpha value is -4.08. The summed E-state index contributed by atoms with van der Waals surface area (Å²) in [6.45, 7) is 7.41. The molecule has 13 nitrogen and oxygen atoms in total. The van der Waals surface area contributed by atoms with E-state index in [9.17, 15) is 40.2 Å². The number of aliphatic hydroxyl groups is 4. The van der Waals surface area contributed by atoms with E-state index in [2.05, 4.69) is 37.5 Å². The standard InChI is InChI=1S/C37H51N5O8/c1-25-14-28(34(47)32(16-25)38-36(49)30(21-43)22-44)19-41-10-8-40(18-27-6-4-3-5-7-27)9-11-42(13-12-41)20-29-15-26(2)17-33(35(29)48)39-37(50)31(23-45)24-46/h3-7,14-17,30-31,43-48H,8-13,18-24H2,1-2H3,(H,38,49)(H,39,50). The number of phenolic OH excluding ortho intramolecular Hbond substituents is 2. The van der Waals surface area contributed by atoms with Crippen LogP contribution >= 0.6 is 0 Å². The number of aromatic hydroxyl groups is 2. The van der Waals surface area contributed by atoms with Gasteiger partial charge in [0.05, 0.1) is 49.6 Å². The van der Waals surface area contributed by atoms with Crippen LogP contribution in [0.15, 0.2) is 54.6 Å². The normalized spacial score (nSPS) is 15.1. The van der Waals surface area contributed by atoms with Crippen LogP contribution in [0.2, 0.25) is 0 Å². The zero-order valence-corrected chi connectivity index (χ0v) is 28.9. The number of nitrogens with one attached hydrogen (secondary N) is 2. The van der Waals surface area contributed by atoms with Gasteiger partial charge in [-0.2, -0.15) is 0 Å². The molecule has 0 spiro atoms. The summed E-state index contributed by atoms with van der Waals surface area (Å²) in [5.74, 6) is -3.31. The number of nitrogens with zero attached hydrogens (tertiary/aromatic N) is 3. The van der Waals surface area contributed by atoms with Crippen LogP contribution in [-0.4, -0.2) is 123 Å². The number of hydrogen-bond acceptors (Lipinski definition) is 11. The van der Waals surface area contributed by atoms with E-state index in [0.29, 0.717) is 50.4 Å². The lowest BCUT2D eigenvalue weighted by Crippen LogP contribution is -2.35. The van der Waals surface area contributed by atoms with Gasteiger partial charge in [-0.15, -0.1) is 0 Å². The Bertz CT molecular complexity index is 1470. The number of rotatable bonds is 14. The molecular weight excluding hydrogens is 642 g/mol. The third-order valence-corrected chi connectivity index (χ3v) is 9.04. The third-order valence-electron chi connectivity index (χ3n) is 9.04. The van der Waals surface area contributed by atoms with Crippen LogP contribution in [0.5, 0.6) is 11.5 Å². The molecule has 50 heavy (non-hydrogen) atoms. The molecule has 1 aliphatic rings. The van der Waals surface area contributed by atoms with Crippen molar-refractivity contribution < 1.29 is 40.2 Å². The van der Waals surface area contributed by atoms with Crippen molar-refractivity contribution in [3.63, 3.8) is 0 Å². The minimum atomic E-state index is -1.00. The first-order valence-electron chi connectivity index (χ1n) is 17.0. The van der Waals surface area contributed by atoms with E-state index >= 15 is 0 Å². The summed E-state index contributed by atoms with van der Waals surface area (Å²) in [5, 5.41) is 65.5. The Balaban J connectivity index is 1.57. The largest absolute Gasteiger partial charge is 0.505 e. The molecule has 1 aliphatic heterocycles. The molecule has 0 aromatic heterocycles. The number of hydrogen-bond donors (Lipinski definition) is 8. The monoisotopic (exact) mass is 693 g/mol. The van der Waals surface area contributed by atoms with Crippen LogP contribution in [0.4, 0.5) is 11.4 Å². The Morgan fingerprint density at radius 1 is 0.600 bits per heavy atom. The molecule has 272 valence electrons. The highest BCUT2D eigenvalue weighted by Crippen LogP contribution is 2.32. The first-order valence-corrected chi connectivity index (χ1v) is 17.0. The predicted octanol–water partition coefficient (Wildman–Crippen LogP) is 1.61. The Kier molecular flexibility index (Phi) is 14.5. The number of aliphatic hydroxyl groups excluding tert-OH is 4. The molecule has 3 aromatic carbocycles. The molecule has 0 aliphatic carbocycles. The lowest BCUT2D eigenvalue weighted by Gasteiger charge is -2.27. The highest BCUT2D eigenvalue weighted by atomic mass is 16.3. The molecule has 0 atom stereocenters. The smallest absolute Gasteiger partial charge is 0.232 e. The third kappa shape index (κ3) is 10.7. The van der Waals surface area contributed by atoms with Gasteiger partial charge in [0, 0.05) is 70.0 Å². The number of benzene rings is 3. The van der Waals surface area contributed by atoms with Crippen LogP contribution < -0.4 is 10.6 Å². The SMILES string of the molecule is Cc1cc(CN2CCN(Cc3ccccc3)CCN(Cc3cc(C)cc(NC(=O)C(CO)CO)c3O)CC2)c(O)c(NC(=O)C(CO)CO)c1. The lowest BCUT2D eigenvalue weighted by atomic mass is 10.1. The van der Waals surface area contributed by atoms with Gasteiger partial charge in [0.1, 0.15) is 11.5 Å². The quantitative estimate of drug-likeness (QED) is 0.115. The second-order valence-electron chi connectivity index (χ2n) is 13.1. The van der Waals surface area contributed by atoms with Crippen LogP contribution in [0.3, 0.4) is 0 Å². The summed E-state index contributed by atoms with van der Waals surface area (Å²) in [7, 11) is 0. The van der Waals surface area contributed by atoms with E-state index in [1.807, 2.05) is 44.2 Å². The Morgan fingerprint density at radius 3 is 1.32 bits per heavy atom. The second kappa shape index (κ2) is 18.8. The molecule has 4 rings (SSSR count). The molecule has 1 fully saturated rings.